The lowest BCUT2D eigenvalue weighted by atomic mass is 10.1. The quantitative estimate of drug-likeness (QED) is 0.710. The first kappa shape index (κ1) is 22.8. The molecule has 27 heavy (non-hydrogen) atoms. The minimum Gasteiger partial charge on any atom is -0.493 e. The van der Waals surface area contributed by atoms with Gasteiger partial charge in [0.15, 0.2) is 11.5 Å². The molecule has 0 heterocycles. The number of hydrogen-bond acceptors (Lipinski definition) is 5. The summed E-state index contributed by atoms with van der Waals surface area (Å²) in [5, 5.41) is 2.92. The van der Waals surface area contributed by atoms with Crippen molar-refractivity contribution in [2.45, 2.75) is 39.8 Å². The molecule has 0 saturated heterocycles. The fourth-order valence-electron chi connectivity index (χ4n) is 2.67. The van der Waals surface area contributed by atoms with Gasteiger partial charge in [-0.15, -0.1) is 0 Å². The Bertz CT molecular complexity index is 641. The van der Waals surface area contributed by atoms with Gasteiger partial charge < -0.3 is 19.7 Å². The number of amides is 2. The third-order valence-corrected chi connectivity index (χ3v) is 4.01. The number of nitrogens with zero attached hydrogens (tertiary/aromatic N) is 2. The van der Waals surface area contributed by atoms with Crippen molar-refractivity contribution in [1.82, 2.24) is 15.1 Å². The van der Waals surface area contributed by atoms with E-state index in [4.69, 9.17) is 9.47 Å². The van der Waals surface area contributed by atoms with Crippen LogP contribution in [0.1, 0.15) is 33.3 Å². The number of carbonyl (C=O) groups excluding carboxylic acids is 2. The van der Waals surface area contributed by atoms with Crippen molar-refractivity contribution < 1.29 is 19.1 Å². The molecule has 0 aromatic heterocycles. The normalized spacial score (nSPS) is 11.3. The van der Waals surface area contributed by atoms with Gasteiger partial charge in [0.2, 0.25) is 11.8 Å². The second-order valence-electron chi connectivity index (χ2n) is 7.50. The molecule has 0 spiro atoms. The smallest absolute Gasteiger partial charge is 0.236 e. The van der Waals surface area contributed by atoms with Crippen molar-refractivity contribution in [1.29, 1.82) is 0 Å². The van der Waals surface area contributed by atoms with E-state index in [1.807, 2.05) is 50.8 Å². The highest BCUT2D eigenvalue weighted by atomic mass is 16.5. The highest BCUT2D eigenvalue weighted by Gasteiger charge is 2.20. The SMILES string of the molecule is CCN(CC(=O)NC(C)(C)C)CC(=O)N(C)Cc1cccc(OC)c1OC. The molecule has 0 radical (unpaired) electrons. The minimum absolute atomic E-state index is 0.0646. The van der Waals surface area contributed by atoms with Gasteiger partial charge in [0.25, 0.3) is 0 Å². The first-order valence-electron chi connectivity index (χ1n) is 9.08. The Kier molecular flexibility index (Phi) is 8.56. The van der Waals surface area contributed by atoms with E-state index in [0.29, 0.717) is 24.6 Å². The van der Waals surface area contributed by atoms with Gasteiger partial charge in [0.05, 0.1) is 27.3 Å². The molecule has 7 heteroatoms. The van der Waals surface area contributed by atoms with Crippen LogP contribution in [0.5, 0.6) is 11.5 Å². The molecular formula is C20H33N3O4. The van der Waals surface area contributed by atoms with Crippen LogP contribution in [0.25, 0.3) is 0 Å². The standard InChI is InChI=1S/C20H33N3O4/c1-8-23(13-17(24)21-20(2,3)4)14-18(25)22(5)12-15-10-9-11-16(26-6)19(15)27-7/h9-11H,8,12-14H2,1-7H3,(H,21,24). The molecule has 0 aliphatic heterocycles. The van der Waals surface area contributed by atoms with Crippen LogP contribution >= 0.6 is 0 Å². The zero-order chi connectivity index (χ0) is 20.6. The number of rotatable bonds is 9. The van der Waals surface area contributed by atoms with Crippen molar-refractivity contribution in [2.24, 2.45) is 0 Å². The summed E-state index contributed by atoms with van der Waals surface area (Å²) in [5.74, 6) is 1.10. The average Bonchev–Trinajstić information content (AvgIpc) is 2.58. The lowest BCUT2D eigenvalue weighted by Gasteiger charge is -2.26. The van der Waals surface area contributed by atoms with E-state index in [1.165, 1.54) is 0 Å². The van der Waals surface area contributed by atoms with Crippen molar-refractivity contribution in [3.05, 3.63) is 23.8 Å². The van der Waals surface area contributed by atoms with Crippen LogP contribution in [-0.2, 0) is 16.1 Å². The van der Waals surface area contributed by atoms with Crippen LogP contribution in [0.3, 0.4) is 0 Å². The van der Waals surface area contributed by atoms with Gasteiger partial charge in [-0.05, 0) is 33.4 Å². The van der Waals surface area contributed by atoms with E-state index in [9.17, 15) is 9.59 Å². The average molecular weight is 380 g/mol. The zero-order valence-electron chi connectivity index (χ0n) is 17.6. The fourth-order valence-corrected chi connectivity index (χ4v) is 2.67. The first-order chi connectivity index (χ1) is 12.6. The van der Waals surface area contributed by atoms with E-state index >= 15 is 0 Å². The monoisotopic (exact) mass is 379 g/mol. The van der Waals surface area contributed by atoms with Crippen LogP contribution < -0.4 is 14.8 Å². The third kappa shape index (κ3) is 7.46. The molecule has 1 rings (SSSR count). The van der Waals surface area contributed by atoms with Crippen molar-refractivity contribution in [3.8, 4) is 11.5 Å². The molecule has 0 atom stereocenters. The van der Waals surface area contributed by atoms with Gasteiger partial charge in [0, 0.05) is 24.7 Å². The molecule has 152 valence electrons. The summed E-state index contributed by atoms with van der Waals surface area (Å²) in [6, 6.07) is 5.58. The Labute approximate surface area is 162 Å². The summed E-state index contributed by atoms with van der Waals surface area (Å²) < 4.78 is 10.7. The molecule has 2 amide bonds. The van der Waals surface area contributed by atoms with Crippen molar-refractivity contribution >= 4 is 11.8 Å². The lowest BCUT2D eigenvalue weighted by Crippen LogP contribution is -2.48. The summed E-state index contributed by atoms with van der Waals surface area (Å²) in [4.78, 5) is 28.2. The van der Waals surface area contributed by atoms with E-state index in [0.717, 1.165) is 5.56 Å². The number of carbonyl (C=O) groups is 2. The number of para-hydroxylation sites is 1. The summed E-state index contributed by atoms with van der Waals surface area (Å²) >= 11 is 0. The molecule has 0 fully saturated rings. The van der Waals surface area contributed by atoms with Gasteiger partial charge in [-0.2, -0.15) is 0 Å². The molecular weight excluding hydrogens is 346 g/mol. The molecule has 0 aliphatic rings. The fraction of sp³-hybridized carbons (Fsp3) is 0.600. The molecule has 1 aromatic carbocycles. The Morgan fingerprint density at radius 2 is 1.78 bits per heavy atom. The van der Waals surface area contributed by atoms with Gasteiger partial charge in [0.1, 0.15) is 0 Å². The molecule has 0 bridgehead atoms. The molecule has 0 unspecified atom stereocenters. The summed E-state index contributed by atoms with van der Waals surface area (Å²) in [7, 11) is 4.90. The van der Waals surface area contributed by atoms with Gasteiger partial charge in [-0.25, -0.2) is 0 Å². The first-order valence-corrected chi connectivity index (χ1v) is 9.08. The van der Waals surface area contributed by atoms with Crippen molar-refractivity contribution in [3.63, 3.8) is 0 Å². The zero-order valence-corrected chi connectivity index (χ0v) is 17.6. The highest BCUT2D eigenvalue weighted by Crippen LogP contribution is 2.31. The molecule has 1 aromatic rings. The Morgan fingerprint density at radius 3 is 2.30 bits per heavy atom. The number of likely N-dealkylation sites (N-methyl/N-ethyl adjacent to an activating group) is 2. The molecule has 0 saturated carbocycles. The number of benzene rings is 1. The summed E-state index contributed by atoms with van der Waals surface area (Å²) in [6.45, 7) is 9.10. The largest absolute Gasteiger partial charge is 0.493 e. The maximum absolute atomic E-state index is 12.6. The second-order valence-corrected chi connectivity index (χ2v) is 7.50. The predicted octanol–water partition coefficient (Wildman–Crippen LogP) is 1.90. The van der Waals surface area contributed by atoms with E-state index in [1.54, 1.807) is 26.2 Å². The van der Waals surface area contributed by atoms with Crippen LogP contribution in [-0.4, -0.2) is 68.1 Å². The molecule has 1 N–H and O–H groups in total. The summed E-state index contributed by atoms with van der Waals surface area (Å²) in [5.41, 5.74) is 0.571. The maximum Gasteiger partial charge on any atom is 0.236 e. The lowest BCUT2D eigenvalue weighted by molar-refractivity contribution is -0.132. The Morgan fingerprint density at radius 1 is 1.11 bits per heavy atom. The number of ether oxygens (including phenoxy) is 2. The van der Waals surface area contributed by atoms with E-state index in [2.05, 4.69) is 5.32 Å². The van der Waals surface area contributed by atoms with Crippen LogP contribution in [0.2, 0.25) is 0 Å². The van der Waals surface area contributed by atoms with E-state index in [-0.39, 0.29) is 30.4 Å². The predicted molar refractivity (Wildman–Crippen MR) is 106 cm³/mol. The van der Waals surface area contributed by atoms with Crippen molar-refractivity contribution in [2.75, 3.05) is 40.9 Å². The van der Waals surface area contributed by atoms with Crippen LogP contribution in [0, 0.1) is 0 Å². The Hall–Kier alpha value is -2.28. The highest BCUT2D eigenvalue weighted by molar-refractivity contribution is 5.81. The van der Waals surface area contributed by atoms with Gasteiger partial charge in [-0.1, -0.05) is 19.1 Å². The van der Waals surface area contributed by atoms with Gasteiger partial charge >= 0.3 is 0 Å². The number of hydrogen-bond donors (Lipinski definition) is 1. The minimum atomic E-state index is -0.291. The topological polar surface area (TPSA) is 71.1 Å². The van der Waals surface area contributed by atoms with Gasteiger partial charge in [-0.3, -0.25) is 14.5 Å². The maximum atomic E-state index is 12.6. The number of nitrogens with one attached hydrogen (secondary N) is 1. The third-order valence-electron chi connectivity index (χ3n) is 4.01. The van der Waals surface area contributed by atoms with Crippen LogP contribution in [0.4, 0.5) is 0 Å². The van der Waals surface area contributed by atoms with Crippen LogP contribution in [0.15, 0.2) is 18.2 Å². The second kappa shape index (κ2) is 10.2. The molecule has 7 nitrogen and oxygen atoms in total. The summed E-state index contributed by atoms with van der Waals surface area (Å²) in [6.07, 6.45) is 0. The molecule has 0 aliphatic carbocycles. The number of methoxy groups -OCH3 is 2. The Balaban J connectivity index is 2.72. The van der Waals surface area contributed by atoms with E-state index < -0.39 is 0 Å².